The van der Waals surface area contributed by atoms with E-state index >= 15 is 0 Å². The Morgan fingerprint density at radius 1 is 1.41 bits per heavy atom. The van der Waals surface area contributed by atoms with Crippen LogP contribution in [0.2, 0.25) is 5.02 Å². The Morgan fingerprint density at radius 3 is 2.82 bits per heavy atom. The second-order valence-electron chi connectivity index (χ2n) is 4.96. The van der Waals surface area contributed by atoms with Gasteiger partial charge in [-0.05, 0) is 37.0 Å². The van der Waals surface area contributed by atoms with Gasteiger partial charge in [-0.1, -0.05) is 31.4 Å². The molecule has 1 aliphatic rings. The van der Waals surface area contributed by atoms with Crippen LogP contribution < -0.4 is 0 Å². The SMILES string of the molecule is CC1CCCC(C(=O)c2ccc(Cl)c(F)c2)C1. The van der Waals surface area contributed by atoms with Crippen molar-refractivity contribution in [1.82, 2.24) is 0 Å². The fraction of sp³-hybridized carbons (Fsp3) is 0.500. The second kappa shape index (κ2) is 5.18. The van der Waals surface area contributed by atoms with Crippen molar-refractivity contribution in [2.24, 2.45) is 11.8 Å². The maximum Gasteiger partial charge on any atom is 0.166 e. The van der Waals surface area contributed by atoms with E-state index < -0.39 is 5.82 Å². The lowest BCUT2D eigenvalue weighted by molar-refractivity contribution is 0.0868. The summed E-state index contributed by atoms with van der Waals surface area (Å²) < 4.78 is 13.3. The molecule has 1 fully saturated rings. The van der Waals surface area contributed by atoms with E-state index in [2.05, 4.69) is 6.92 Å². The number of rotatable bonds is 2. The Bertz CT molecular complexity index is 430. The summed E-state index contributed by atoms with van der Waals surface area (Å²) in [6, 6.07) is 4.33. The number of hydrogen-bond acceptors (Lipinski definition) is 1. The molecule has 0 aliphatic heterocycles. The monoisotopic (exact) mass is 254 g/mol. The Balaban J connectivity index is 2.15. The molecular weight excluding hydrogens is 239 g/mol. The predicted molar refractivity (Wildman–Crippen MR) is 66.9 cm³/mol. The molecule has 1 aromatic rings. The fourth-order valence-electron chi connectivity index (χ4n) is 2.56. The highest BCUT2D eigenvalue weighted by molar-refractivity contribution is 6.30. The molecule has 1 aliphatic carbocycles. The minimum absolute atomic E-state index is 0.0549. The standard InChI is InChI=1S/C14H16ClFO/c1-9-3-2-4-10(7-9)14(17)11-5-6-12(15)13(16)8-11/h5-6,8-10H,2-4,7H2,1H3. The van der Waals surface area contributed by atoms with Crippen LogP contribution in [0.5, 0.6) is 0 Å². The van der Waals surface area contributed by atoms with Crippen LogP contribution in [0.1, 0.15) is 43.0 Å². The number of carbonyl (C=O) groups is 1. The Kier molecular flexibility index (Phi) is 3.82. The number of Topliss-reactive ketones (excluding diaryl/α,β-unsaturated/α-hetero) is 1. The molecule has 1 aromatic carbocycles. The zero-order valence-corrected chi connectivity index (χ0v) is 10.6. The van der Waals surface area contributed by atoms with Gasteiger partial charge in [0.05, 0.1) is 5.02 Å². The van der Waals surface area contributed by atoms with E-state index in [1.54, 1.807) is 6.07 Å². The van der Waals surface area contributed by atoms with Crippen LogP contribution >= 0.6 is 11.6 Å². The summed E-state index contributed by atoms with van der Waals surface area (Å²) in [6.07, 6.45) is 4.13. The summed E-state index contributed by atoms with van der Waals surface area (Å²) >= 11 is 5.61. The van der Waals surface area contributed by atoms with Crippen LogP contribution in [0, 0.1) is 17.7 Å². The molecule has 0 radical (unpaired) electrons. The second-order valence-corrected chi connectivity index (χ2v) is 5.37. The normalized spacial score (nSPS) is 24.6. The molecule has 92 valence electrons. The topological polar surface area (TPSA) is 17.1 Å². The molecule has 0 spiro atoms. The van der Waals surface area contributed by atoms with Crippen molar-refractivity contribution in [1.29, 1.82) is 0 Å². The van der Waals surface area contributed by atoms with E-state index in [1.165, 1.54) is 18.6 Å². The molecule has 3 heteroatoms. The van der Waals surface area contributed by atoms with Gasteiger partial charge in [-0.3, -0.25) is 4.79 Å². The van der Waals surface area contributed by atoms with Crippen LogP contribution in [0.15, 0.2) is 18.2 Å². The van der Waals surface area contributed by atoms with Crippen molar-refractivity contribution in [3.05, 3.63) is 34.6 Å². The van der Waals surface area contributed by atoms with Gasteiger partial charge in [0.2, 0.25) is 0 Å². The largest absolute Gasteiger partial charge is 0.294 e. The van der Waals surface area contributed by atoms with Crippen LogP contribution in [0.25, 0.3) is 0 Å². The zero-order chi connectivity index (χ0) is 12.4. The quantitative estimate of drug-likeness (QED) is 0.711. The lowest BCUT2D eigenvalue weighted by Crippen LogP contribution is -2.21. The molecule has 1 nitrogen and oxygen atoms in total. The first-order chi connectivity index (χ1) is 8.08. The van der Waals surface area contributed by atoms with Crippen molar-refractivity contribution in [3.8, 4) is 0 Å². The predicted octanol–water partition coefficient (Wildman–Crippen LogP) is 4.49. The average Bonchev–Trinajstić information content (AvgIpc) is 2.32. The van der Waals surface area contributed by atoms with E-state index in [0.717, 1.165) is 19.3 Å². The molecule has 1 saturated carbocycles. The Hall–Kier alpha value is -0.890. The van der Waals surface area contributed by atoms with Crippen LogP contribution in [0.4, 0.5) is 4.39 Å². The highest BCUT2D eigenvalue weighted by Gasteiger charge is 2.26. The third-order valence-corrected chi connectivity index (χ3v) is 3.82. The van der Waals surface area contributed by atoms with Crippen LogP contribution in [0.3, 0.4) is 0 Å². The molecule has 0 amide bonds. The summed E-state index contributed by atoms with van der Waals surface area (Å²) in [4.78, 5) is 12.2. The maximum absolute atomic E-state index is 13.3. The molecule has 2 unspecified atom stereocenters. The van der Waals surface area contributed by atoms with Gasteiger partial charge in [0.1, 0.15) is 5.82 Å². The summed E-state index contributed by atoms with van der Waals surface area (Å²) in [7, 11) is 0. The van der Waals surface area contributed by atoms with E-state index in [1.807, 2.05) is 0 Å². The summed E-state index contributed by atoms with van der Waals surface area (Å²) in [6.45, 7) is 2.17. The number of ketones is 1. The Morgan fingerprint density at radius 2 is 2.18 bits per heavy atom. The maximum atomic E-state index is 13.3. The van der Waals surface area contributed by atoms with Crippen LogP contribution in [-0.4, -0.2) is 5.78 Å². The third kappa shape index (κ3) is 2.86. The van der Waals surface area contributed by atoms with Crippen molar-refractivity contribution in [2.45, 2.75) is 32.6 Å². The first-order valence-corrected chi connectivity index (χ1v) is 6.45. The number of halogens is 2. The highest BCUT2D eigenvalue weighted by Crippen LogP contribution is 2.31. The van der Waals surface area contributed by atoms with Gasteiger partial charge < -0.3 is 0 Å². The molecule has 0 aromatic heterocycles. The van der Waals surface area contributed by atoms with Gasteiger partial charge in [0.15, 0.2) is 5.78 Å². The van der Waals surface area contributed by atoms with Crippen molar-refractivity contribution >= 4 is 17.4 Å². The zero-order valence-electron chi connectivity index (χ0n) is 9.88. The number of benzene rings is 1. The summed E-state index contributed by atoms with van der Waals surface area (Å²) in [5.41, 5.74) is 0.450. The smallest absolute Gasteiger partial charge is 0.166 e. The van der Waals surface area contributed by atoms with Gasteiger partial charge in [-0.25, -0.2) is 4.39 Å². The molecule has 2 rings (SSSR count). The van der Waals surface area contributed by atoms with Crippen molar-refractivity contribution < 1.29 is 9.18 Å². The lowest BCUT2D eigenvalue weighted by atomic mass is 9.79. The summed E-state index contributed by atoms with van der Waals surface area (Å²) in [5, 5.41) is 0.0681. The Labute approximate surface area is 106 Å². The molecule has 17 heavy (non-hydrogen) atoms. The minimum Gasteiger partial charge on any atom is -0.294 e. The molecule has 2 atom stereocenters. The fourth-order valence-corrected chi connectivity index (χ4v) is 2.67. The highest BCUT2D eigenvalue weighted by atomic mass is 35.5. The van der Waals surface area contributed by atoms with Crippen LogP contribution in [-0.2, 0) is 0 Å². The molecular formula is C14H16ClFO. The average molecular weight is 255 g/mol. The molecule has 0 bridgehead atoms. The number of hydrogen-bond donors (Lipinski definition) is 0. The van der Waals surface area contributed by atoms with Gasteiger partial charge in [0.25, 0.3) is 0 Å². The van der Waals surface area contributed by atoms with Crippen molar-refractivity contribution in [3.63, 3.8) is 0 Å². The van der Waals surface area contributed by atoms with Gasteiger partial charge in [-0.15, -0.1) is 0 Å². The van der Waals surface area contributed by atoms with E-state index in [9.17, 15) is 9.18 Å². The first kappa shape index (κ1) is 12.6. The number of carbonyl (C=O) groups excluding carboxylic acids is 1. The lowest BCUT2D eigenvalue weighted by Gasteiger charge is -2.25. The minimum atomic E-state index is -0.513. The van der Waals surface area contributed by atoms with Crippen molar-refractivity contribution in [2.75, 3.05) is 0 Å². The molecule has 0 N–H and O–H groups in total. The molecule has 0 heterocycles. The van der Waals surface area contributed by atoms with Gasteiger partial charge in [-0.2, -0.15) is 0 Å². The molecule has 0 saturated heterocycles. The van der Waals surface area contributed by atoms with Gasteiger partial charge in [0, 0.05) is 11.5 Å². The first-order valence-electron chi connectivity index (χ1n) is 6.07. The third-order valence-electron chi connectivity index (χ3n) is 3.51. The van der Waals surface area contributed by atoms with Gasteiger partial charge >= 0.3 is 0 Å². The summed E-state index contributed by atoms with van der Waals surface area (Å²) in [5.74, 6) is 0.197. The van der Waals surface area contributed by atoms with E-state index in [0.29, 0.717) is 11.5 Å². The van der Waals surface area contributed by atoms with E-state index in [-0.39, 0.29) is 16.7 Å². The van der Waals surface area contributed by atoms with E-state index in [4.69, 9.17) is 11.6 Å².